The molecule has 1 N–H and O–H groups in total. The van der Waals surface area contributed by atoms with E-state index in [1.54, 1.807) is 12.1 Å². The minimum absolute atomic E-state index is 0.0491. The molecule has 150 valence electrons. The van der Waals surface area contributed by atoms with Gasteiger partial charge in [-0.25, -0.2) is 13.4 Å². The van der Waals surface area contributed by atoms with Crippen LogP contribution in [-0.4, -0.2) is 80.4 Å². The van der Waals surface area contributed by atoms with Crippen LogP contribution in [0, 0.1) is 0 Å². The maximum atomic E-state index is 12.6. The molecule has 2 aliphatic rings. The van der Waals surface area contributed by atoms with Gasteiger partial charge in [0.15, 0.2) is 0 Å². The molecule has 2 aliphatic heterocycles. The van der Waals surface area contributed by atoms with Gasteiger partial charge in [-0.1, -0.05) is 0 Å². The zero-order valence-corrected chi connectivity index (χ0v) is 16.9. The van der Waals surface area contributed by atoms with Gasteiger partial charge >= 0.3 is 0 Å². The highest BCUT2D eigenvalue weighted by atomic mass is 32.2. The summed E-state index contributed by atoms with van der Waals surface area (Å²) in [5, 5.41) is 2.91. The lowest BCUT2D eigenvalue weighted by Gasteiger charge is -2.35. The van der Waals surface area contributed by atoms with Crippen molar-refractivity contribution in [3.05, 3.63) is 18.3 Å². The normalized spacial score (nSPS) is 19.6. The number of piperazine rings is 1. The lowest BCUT2D eigenvalue weighted by atomic mass is 10.3. The fraction of sp³-hybridized carbons (Fsp3) is 0.667. The van der Waals surface area contributed by atoms with Gasteiger partial charge < -0.3 is 10.2 Å². The van der Waals surface area contributed by atoms with E-state index < -0.39 is 10.0 Å². The molecule has 8 nitrogen and oxygen atoms in total. The highest BCUT2D eigenvalue weighted by Gasteiger charge is 2.28. The van der Waals surface area contributed by atoms with Crippen molar-refractivity contribution in [3.8, 4) is 0 Å². The molecule has 0 bridgehead atoms. The van der Waals surface area contributed by atoms with Crippen LogP contribution in [0.5, 0.6) is 0 Å². The van der Waals surface area contributed by atoms with Crippen molar-refractivity contribution in [2.24, 2.45) is 0 Å². The molecule has 3 heterocycles. The molecule has 1 aromatic rings. The molecule has 0 unspecified atom stereocenters. The van der Waals surface area contributed by atoms with E-state index >= 15 is 0 Å². The number of nitrogens with one attached hydrogen (secondary N) is 1. The lowest BCUT2D eigenvalue weighted by Crippen LogP contribution is -2.50. The van der Waals surface area contributed by atoms with Crippen molar-refractivity contribution < 1.29 is 13.2 Å². The Hall–Kier alpha value is -1.71. The smallest absolute Gasteiger partial charge is 0.244 e. The highest BCUT2D eigenvalue weighted by molar-refractivity contribution is 7.89. The third kappa shape index (κ3) is 4.97. The fourth-order valence-corrected chi connectivity index (χ4v) is 4.96. The van der Waals surface area contributed by atoms with Crippen molar-refractivity contribution >= 4 is 21.7 Å². The molecule has 0 aliphatic carbocycles. The van der Waals surface area contributed by atoms with E-state index in [9.17, 15) is 13.2 Å². The van der Waals surface area contributed by atoms with E-state index in [0.29, 0.717) is 19.6 Å². The number of nitrogens with zero attached hydrogens (tertiary/aromatic N) is 4. The fourth-order valence-electron chi connectivity index (χ4n) is 3.50. The van der Waals surface area contributed by atoms with E-state index in [4.69, 9.17) is 0 Å². The van der Waals surface area contributed by atoms with Crippen LogP contribution < -0.4 is 10.2 Å². The molecule has 1 aromatic heterocycles. The van der Waals surface area contributed by atoms with Crippen LogP contribution in [0.3, 0.4) is 0 Å². The first-order valence-electron chi connectivity index (χ1n) is 9.59. The standard InChI is InChI=1S/C18H29N5O3S/c1-15(2)20-18(24)14-21-9-11-22(12-10-21)17-6-5-16(13-19-17)27(25,26)23-7-3-4-8-23/h5-6,13,15H,3-4,7-12,14H2,1-2H3,(H,20,24). The van der Waals surface area contributed by atoms with Gasteiger partial charge in [-0.15, -0.1) is 0 Å². The molecule has 1 amide bonds. The molecule has 0 atom stereocenters. The molecule has 9 heteroatoms. The van der Waals surface area contributed by atoms with Gasteiger partial charge in [0.05, 0.1) is 6.54 Å². The van der Waals surface area contributed by atoms with Gasteiger partial charge in [0, 0.05) is 51.5 Å². The number of hydrogen-bond acceptors (Lipinski definition) is 6. The van der Waals surface area contributed by atoms with E-state index in [1.165, 1.54) is 10.5 Å². The molecule has 3 rings (SSSR count). The Kier molecular flexibility index (Phi) is 6.33. The summed E-state index contributed by atoms with van der Waals surface area (Å²) in [6, 6.07) is 3.58. The van der Waals surface area contributed by atoms with Gasteiger partial charge in [-0.05, 0) is 38.8 Å². The summed E-state index contributed by atoms with van der Waals surface area (Å²) < 4.78 is 26.7. The van der Waals surface area contributed by atoms with Gasteiger partial charge in [0.1, 0.15) is 10.7 Å². The summed E-state index contributed by atoms with van der Waals surface area (Å²) in [5.41, 5.74) is 0. The van der Waals surface area contributed by atoms with Crippen molar-refractivity contribution in [2.45, 2.75) is 37.6 Å². The van der Waals surface area contributed by atoms with Crippen LogP contribution in [0.15, 0.2) is 23.2 Å². The molecule has 2 saturated heterocycles. The SMILES string of the molecule is CC(C)NC(=O)CN1CCN(c2ccc(S(=O)(=O)N3CCCC3)cn2)CC1. The maximum absolute atomic E-state index is 12.6. The van der Waals surface area contributed by atoms with E-state index in [0.717, 1.165) is 44.8 Å². The first-order valence-corrected chi connectivity index (χ1v) is 11.0. The third-order valence-corrected chi connectivity index (χ3v) is 6.82. The number of aromatic nitrogens is 1. The van der Waals surface area contributed by atoms with Gasteiger partial charge in [0.25, 0.3) is 0 Å². The number of rotatable bonds is 6. The second-order valence-electron chi connectivity index (χ2n) is 7.45. The van der Waals surface area contributed by atoms with E-state index in [1.807, 2.05) is 13.8 Å². The van der Waals surface area contributed by atoms with Crippen LogP contribution in [0.4, 0.5) is 5.82 Å². The predicted octanol–water partition coefficient (Wildman–Crippen LogP) is 0.513. The Balaban J connectivity index is 1.55. The average molecular weight is 396 g/mol. The summed E-state index contributed by atoms with van der Waals surface area (Å²) in [4.78, 5) is 20.8. The molecule has 0 spiro atoms. The van der Waals surface area contributed by atoms with Crippen molar-refractivity contribution in [2.75, 3.05) is 50.7 Å². The monoisotopic (exact) mass is 395 g/mol. The molecule has 2 fully saturated rings. The molecular weight excluding hydrogens is 366 g/mol. The molecular formula is C18H29N5O3S. The number of carbonyl (C=O) groups is 1. The quantitative estimate of drug-likeness (QED) is 0.756. The molecule has 27 heavy (non-hydrogen) atoms. The van der Waals surface area contributed by atoms with Crippen molar-refractivity contribution in [1.29, 1.82) is 0 Å². The number of carbonyl (C=O) groups excluding carboxylic acids is 1. The van der Waals surface area contributed by atoms with Crippen molar-refractivity contribution in [1.82, 2.24) is 19.5 Å². The minimum atomic E-state index is -3.42. The minimum Gasteiger partial charge on any atom is -0.354 e. The Morgan fingerprint density at radius 2 is 1.78 bits per heavy atom. The first kappa shape index (κ1) is 20.0. The summed E-state index contributed by atoms with van der Waals surface area (Å²) >= 11 is 0. The van der Waals surface area contributed by atoms with Gasteiger partial charge in [-0.3, -0.25) is 9.69 Å². The number of anilines is 1. The van der Waals surface area contributed by atoms with Crippen molar-refractivity contribution in [3.63, 3.8) is 0 Å². The van der Waals surface area contributed by atoms with E-state index in [2.05, 4.69) is 20.1 Å². The predicted molar refractivity (Wildman–Crippen MR) is 104 cm³/mol. The lowest BCUT2D eigenvalue weighted by molar-refractivity contribution is -0.122. The number of pyridine rings is 1. The molecule has 0 aromatic carbocycles. The van der Waals surface area contributed by atoms with Crippen LogP contribution in [0.1, 0.15) is 26.7 Å². The third-order valence-electron chi connectivity index (χ3n) is 4.94. The highest BCUT2D eigenvalue weighted by Crippen LogP contribution is 2.22. The second kappa shape index (κ2) is 8.53. The van der Waals surface area contributed by atoms with Crippen LogP contribution in [-0.2, 0) is 14.8 Å². The van der Waals surface area contributed by atoms with Gasteiger partial charge in [0.2, 0.25) is 15.9 Å². The topological polar surface area (TPSA) is 85.8 Å². The molecule has 0 radical (unpaired) electrons. The summed E-state index contributed by atoms with van der Waals surface area (Å²) in [7, 11) is -3.42. The Morgan fingerprint density at radius 1 is 1.11 bits per heavy atom. The van der Waals surface area contributed by atoms with Crippen LogP contribution in [0.2, 0.25) is 0 Å². The summed E-state index contributed by atoms with van der Waals surface area (Å²) in [5.74, 6) is 0.828. The Bertz CT molecular complexity index is 737. The zero-order chi connectivity index (χ0) is 19.4. The van der Waals surface area contributed by atoms with Crippen LogP contribution in [0.25, 0.3) is 0 Å². The zero-order valence-electron chi connectivity index (χ0n) is 16.1. The largest absolute Gasteiger partial charge is 0.354 e. The number of hydrogen-bond donors (Lipinski definition) is 1. The van der Waals surface area contributed by atoms with E-state index in [-0.39, 0.29) is 16.8 Å². The maximum Gasteiger partial charge on any atom is 0.244 e. The summed E-state index contributed by atoms with van der Waals surface area (Å²) in [6.07, 6.45) is 3.31. The second-order valence-corrected chi connectivity index (χ2v) is 9.39. The number of sulfonamides is 1. The van der Waals surface area contributed by atoms with Crippen LogP contribution >= 0.6 is 0 Å². The Labute approximate surface area is 161 Å². The number of amides is 1. The average Bonchev–Trinajstić information content (AvgIpc) is 3.17. The van der Waals surface area contributed by atoms with Gasteiger partial charge in [-0.2, -0.15) is 4.31 Å². The molecule has 0 saturated carbocycles. The summed E-state index contributed by atoms with van der Waals surface area (Å²) in [6.45, 7) is 8.59. The Morgan fingerprint density at radius 3 is 2.33 bits per heavy atom. The first-order chi connectivity index (χ1) is 12.9.